The van der Waals surface area contributed by atoms with Crippen LogP contribution in [0.2, 0.25) is 0 Å². The smallest absolute Gasteiger partial charge is 0.289 e. The fourth-order valence-electron chi connectivity index (χ4n) is 4.83. The molecular weight excluding hydrogens is 414 g/mol. The number of anilines is 1. The largest absolute Gasteiger partial charge is 0.494 e. The van der Waals surface area contributed by atoms with Crippen molar-refractivity contribution in [2.45, 2.75) is 25.7 Å². The van der Waals surface area contributed by atoms with Crippen LogP contribution < -0.4 is 9.64 Å². The zero-order valence-electron chi connectivity index (χ0n) is 19.2. The van der Waals surface area contributed by atoms with Gasteiger partial charge in [0.25, 0.3) is 5.91 Å². The summed E-state index contributed by atoms with van der Waals surface area (Å²) in [7, 11) is 0. The maximum Gasteiger partial charge on any atom is 0.289 e. The van der Waals surface area contributed by atoms with Crippen molar-refractivity contribution >= 4 is 22.6 Å². The molecule has 2 fully saturated rings. The van der Waals surface area contributed by atoms with Gasteiger partial charge in [-0.05, 0) is 68.8 Å². The van der Waals surface area contributed by atoms with Crippen molar-refractivity contribution in [3.8, 4) is 5.75 Å². The minimum Gasteiger partial charge on any atom is -0.494 e. The molecule has 6 nitrogen and oxygen atoms in total. The highest BCUT2D eigenvalue weighted by atomic mass is 16.5. The number of fused-ring (bicyclic) bond motifs is 1. The lowest BCUT2D eigenvalue weighted by Gasteiger charge is -2.35. The number of carbonyl (C=O) groups excluding carboxylic acids is 1. The third-order valence-electron chi connectivity index (χ3n) is 6.74. The van der Waals surface area contributed by atoms with E-state index < -0.39 is 0 Å². The van der Waals surface area contributed by atoms with E-state index in [1.54, 1.807) is 0 Å². The first-order chi connectivity index (χ1) is 16.3. The molecule has 0 N–H and O–H groups in total. The van der Waals surface area contributed by atoms with Crippen molar-refractivity contribution < 1.29 is 13.9 Å². The molecule has 0 aliphatic carbocycles. The van der Waals surface area contributed by atoms with Gasteiger partial charge in [0.05, 0.1) is 6.61 Å². The molecule has 0 bridgehead atoms. The summed E-state index contributed by atoms with van der Waals surface area (Å²) in [5.74, 6) is 1.32. The van der Waals surface area contributed by atoms with Gasteiger partial charge in [-0.15, -0.1) is 0 Å². The second kappa shape index (κ2) is 10.3. The van der Waals surface area contributed by atoms with E-state index in [0.29, 0.717) is 18.8 Å². The number of rotatable bonds is 7. The number of ether oxygens (including phenoxy) is 1. The van der Waals surface area contributed by atoms with Gasteiger partial charge in [-0.1, -0.05) is 24.6 Å². The van der Waals surface area contributed by atoms with Gasteiger partial charge in [0.1, 0.15) is 11.3 Å². The van der Waals surface area contributed by atoms with E-state index >= 15 is 0 Å². The Morgan fingerprint density at radius 2 is 1.64 bits per heavy atom. The van der Waals surface area contributed by atoms with Crippen LogP contribution in [-0.4, -0.2) is 68.1 Å². The van der Waals surface area contributed by atoms with E-state index in [1.807, 2.05) is 35.2 Å². The van der Waals surface area contributed by atoms with Gasteiger partial charge in [-0.25, -0.2) is 0 Å². The van der Waals surface area contributed by atoms with Gasteiger partial charge in [0.2, 0.25) is 0 Å². The number of hydrogen-bond acceptors (Lipinski definition) is 5. The molecule has 0 radical (unpaired) electrons. The summed E-state index contributed by atoms with van der Waals surface area (Å²) in [5, 5.41) is 0.966. The Morgan fingerprint density at radius 3 is 2.39 bits per heavy atom. The lowest BCUT2D eigenvalue weighted by Crippen LogP contribution is -2.48. The summed E-state index contributed by atoms with van der Waals surface area (Å²) < 4.78 is 11.7. The van der Waals surface area contributed by atoms with Crippen molar-refractivity contribution in [2.75, 3.05) is 57.3 Å². The minimum absolute atomic E-state index is 0.0286. The van der Waals surface area contributed by atoms with Crippen LogP contribution in [0.25, 0.3) is 11.0 Å². The fourth-order valence-corrected chi connectivity index (χ4v) is 4.83. The fraction of sp³-hybridized carbons (Fsp3) is 0.444. The molecule has 0 spiro atoms. The number of amides is 1. The molecule has 0 atom stereocenters. The summed E-state index contributed by atoms with van der Waals surface area (Å²) in [6, 6.07) is 17.9. The number of furan rings is 1. The first-order valence-corrected chi connectivity index (χ1v) is 12.2. The van der Waals surface area contributed by atoms with Crippen molar-refractivity contribution in [2.24, 2.45) is 0 Å². The first-order valence-electron chi connectivity index (χ1n) is 12.2. The van der Waals surface area contributed by atoms with Crippen LogP contribution in [0.1, 0.15) is 36.2 Å². The molecule has 3 heterocycles. The number of likely N-dealkylation sites (tertiary alicyclic amines) is 1. The number of carbonyl (C=O) groups is 1. The second-order valence-electron chi connectivity index (χ2n) is 9.03. The van der Waals surface area contributed by atoms with Gasteiger partial charge in [-0.2, -0.15) is 0 Å². The number of hydrogen-bond donors (Lipinski definition) is 0. The van der Waals surface area contributed by atoms with Crippen LogP contribution in [0.4, 0.5) is 5.69 Å². The average Bonchev–Trinajstić information content (AvgIpc) is 3.32. The molecule has 1 aromatic heterocycles. The first kappa shape index (κ1) is 21.8. The van der Waals surface area contributed by atoms with Crippen molar-refractivity contribution in [3.05, 3.63) is 60.4 Å². The highest BCUT2D eigenvalue weighted by Gasteiger charge is 2.24. The van der Waals surface area contributed by atoms with Crippen LogP contribution in [0, 0.1) is 0 Å². The van der Waals surface area contributed by atoms with Crippen molar-refractivity contribution in [1.82, 2.24) is 9.80 Å². The van der Waals surface area contributed by atoms with Gasteiger partial charge >= 0.3 is 0 Å². The molecule has 0 saturated carbocycles. The standard InChI is InChI=1S/C27H33N3O3/c31-27(26-21-22-7-2-3-8-25(22)33-26)30-18-16-29(17-19-30)23-9-11-24(12-10-23)32-20-6-15-28-13-4-1-5-14-28/h2-3,7-12,21H,1,4-6,13-20H2. The number of benzene rings is 2. The predicted octanol–water partition coefficient (Wildman–Crippen LogP) is 4.65. The Balaban J connectivity index is 1.08. The van der Waals surface area contributed by atoms with Crippen LogP contribution in [-0.2, 0) is 0 Å². The monoisotopic (exact) mass is 447 g/mol. The molecule has 2 aliphatic rings. The van der Waals surface area contributed by atoms with E-state index in [9.17, 15) is 4.79 Å². The second-order valence-corrected chi connectivity index (χ2v) is 9.03. The maximum absolute atomic E-state index is 12.9. The molecule has 33 heavy (non-hydrogen) atoms. The molecule has 5 rings (SSSR count). The minimum atomic E-state index is -0.0286. The van der Waals surface area contributed by atoms with Gasteiger partial charge in [-0.3, -0.25) is 4.79 Å². The van der Waals surface area contributed by atoms with E-state index in [4.69, 9.17) is 9.15 Å². The molecule has 1 amide bonds. The number of nitrogens with zero attached hydrogens (tertiary/aromatic N) is 3. The molecule has 174 valence electrons. The normalized spacial score (nSPS) is 17.5. The van der Waals surface area contributed by atoms with E-state index in [1.165, 1.54) is 38.0 Å². The highest BCUT2D eigenvalue weighted by Crippen LogP contribution is 2.23. The summed E-state index contributed by atoms with van der Waals surface area (Å²) >= 11 is 0. The summed E-state index contributed by atoms with van der Waals surface area (Å²) in [6.45, 7) is 7.37. The third-order valence-corrected chi connectivity index (χ3v) is 6.74. The zero-order chi connectivity index (χ0) is 22.5. The van der Waals surface area contributed by atoms with Gasteiger partial charge in [0, 0.05) is 43.8 Å². The lowest BCUT2D eigenvalue weighted by molar-refractivity contribution is 0.0717. The summed E-state index contributed by atoms with van der Waals surface area (Å²) in [6.07, 6.45) is 5.13. The summed E-state index contributed by atoms with van der Waals surface area (Å²) in [4.78, 5) is 19.6. The third kappa shape index (κ3) is 5.33. The summed E-state index contributed by atoms with van der Waals surface area (Å²) in [5.41, 5.74) is 1.93. The Morgan fingerprint density at radius 1 is 0.879 bits per heavy atom. The molecule has 2 aromatic carbocycles. The molecule has 2 saturated heterocycles. The van der Waals surface area contributed by atoms with Crippen LogP contribution >= 0.6 is 0 Å². The maximum atomic E-state index is 12.9. The molecule has 6 heteroatoms. The van der Waals surface area contributed by atoms with Crippen LogP contribution in [0.5, 0.6) is 5.75 Å². The zero-order valence-corrected chi connectivity index (χ0v) is 19.2. The highest BCUT2D eigenvalue weighted by molar-refractivity contribution is 5.96. The predicted molar refractivity (Wildman–Crippen MR) is 131 cm³/mol. The van der Waals surface area contributed by atoms with E-state index in [-0.39, 0.29) is 5.91 Å². The topological polar surface area (TPSA) is 49.2 Å². The van der Waals surface area contributed by atoms with Gasteiger partial charge in [0.15, 0.2) is 5.76 Å². The molecule has 2 aliphatic heterocycles. The Kier molecular flexibility index (Phi) is 6.81. The Labute approximate surface area is 195 Å². The van der Waals surface area contributed by atoms with Crippen molar-refractivity contribution in [1.29, 1.82) is 0 Å². The SMILES string of the molecule is O=C(c1cc2ccccc2o1)N1CCN(c2ccc(OCCCN3CCCCC3)cc2)CC1. The van der Waals surface area contributed by atoms with E-state index in [2.05, 4.69) is 34.1 Å². The van der Waals surface area contributed by atoms with Crippen LogP contribution in [0.3, 0.4) is 0 Å². The number of piperazine rings is 1. The van der Waals surface area contributed by atoms with Gasteiger partial charge < -0.3 is 23.9 Å². The Bertz CT molecular complexity index is 1010. The molecule has 0 unspecified atom stereocenters. The molecular formula is C27H33N3O3. The van der Waals surface area contributed by atoms with E-state index in [0.717, 1.165) is 49.4 Å². The van der Waals surface area contributed by atoms with Crippen molar-refractivity contribution in [3.63, 3.8) is 0 Å². The molecule has 3 aromatic rings. The lowest BCUT2D eigenvalue weighted by atomic mass is 10.1. The Hall–Kier alpha value is -2.99. The average molecular weight is 448 g/mol. The quantitative estimate of drug-likeness (QED) is 0.494. The number of piperidine rings is 1. The number of para-hydroxylation sites is 1. The van der Waals surface area contributed by atoms with Crippen LogP contribution in [0.15, 0.2) is 59.0 Å².